The molecule has 2 heterocycles. The molecule has 0 atom stereocenters. The Bertz CT molecular complexity index is 9720. The predicted octanol–water partition coefficient (Wildman–Crippen LogP) is 37.0. The zero-order valence-electron chi connectivity index (χ0n) is 75.2. The molecule has 0 radical (unpaired) electrons. The summed E-state index contributed by atoms with van der Waals surface area (Å²) < 4.78 is 8.53. The molecule has 0 N–H and O–H groups in total. The van der Waals surface area contributed by atoms with Crippen molar-refractivity contribution >= 4 is 151 Å². The third-order valence-corrected chi connectivity index (χ3v) is 28.5. The van der Waals surface area contributed by atoms with E-state index in [1.807, 2.05) is 24.3 Å². The van der Waals surface area contributed by atoms with Gasteiger partial charge in [-0.3, -0.25) is 4.57 Å². The summed E-state index contributed by atoms with van der Waals surface area (Å²) in [6, 6.07) is 184. The number of fused-ring (bicyclic) bond motifs is 14. The van der Waals surface area contributed by atoms with Crippen molar-refractivity contribution in [1.29, 1.82) is 0 Å². The monoisotopic (exact) mass is 1750 g/mol. The second-order valence-electron chi connectivity index (χ2n) is 36.4. The Hall–Kier alpha value is -18.2. The topological polar surface area (TPSA) is 43.9 Å². The van der Waals surface area contributed by atoms with E-state index in [0.717, 1.165) is 50.3 Å². The first-order valence-corrected chi connectivity index (χ1v) is 47.5. The molecule has 0 aliphatic carbocycles. The fourth-order valence-corrected chi connectivity index (χ4v) is 22.3. The van der Waals surface area contributed by atoms with Crippen LogP contribution in [0.2, 0.25) is 0 Å². The zero-order valence-corrected chi connectivity index (χ0v) is 75.2. The highest BCUT2D eigenvalue weighted by Crippen LogP contribution is 2.53. The number of hydrogen-bond donors (Lipinski definition) is 0. The van der Waals surface area contributed by atoms with Gasteiger partial charge >= 0.3 is 0 Å². The molecule has 0 bridgehead atoms. The summed E-state index contributed by atoms with van der Waals surface area (Å²) in [7, 11) is 0. The lowest BCUT2D eigenvalue weighted by Crippen LogP contribution is -1.97. The SMILES string of the molecule is c1cc(-c2ccc3c(-c4ccc5ccccc5c4)c4ccccc4c(-c4ccc5ccccc5c4)c3c2)cc(-c2c3ccccc3c(-c3cccc(-c4nc5ccccc5o4)c3)c3ccccc23)c1.c1ccc(-n2c(-c3ccc(-c4c5ccccc5c(-c5ccc6c(-c7ccc8ccccc8c7)c7ccccc7c(-c7ccc8ccccc8c7)c6c5)c5ccccc45)cc3)nc3ccccc32)cc1. The van der Waals surface area contributed by atoms with Crippen molar-refractivity contribution in [1.82, 2.24) is 14.5 Å². The fraction of sp³-hybridized carbons (Fsp3) is 0. The second-order valence-corrected chi connectivity index (χ2v) is 36.4. The van der Waals surface area contributed by atoms with Crippen LogP contribution in [0.25, 0.3) is 280 Å². The fourth-order valence-electron chi connectivity index (χ4n) is 22.3. The van der Waals surface area contributed by atoms with Crippen LogP contribution in [0.3, 0.4) is 0 Å². The summed E-state index contributed by atoms with van der Waals surface area (Å²) in [5.41, 5.74) is 28.6. The minimum Gasteiger partial charge on any atom is -0.436 e. The number of nitrogens with zero attached hydrogens (tertiary/aromatic N) is 3. The lowest BCUT2D eigenvalue weighted by atomic mass is 9.82. The maximum absolute atomic E-state index is 6.26. The number of para-hydroxylation sites is 5. The highest BCUT2D eigenvalue weighted by atomic mass is 16.3. The molecule has 28 rings (SSSR count). The van der Waals surface area contributed by atoms with Crippen LogP contribution in [0, 0.1) is 0 Å². The normalized spacial score (nSPS) is 11.8. The molecule has 2 aromatic heterocycles. The van der Waals surface area contributed by atoms with Gasteiger partial charge in [-0.2, -0.15) is 0 Å². The molecule has 4 nitrogen and oxygen atoms in total. The first kappa shape index (κ1) is 79.5. The highest BCUT2D eigenvalue weighted by Gasteiger charge is 2.27. The van der Waals surface area contributed by atoms with Crippen molar-refractivity contribution in [2.24, 2.45) is 0 Å². The molecule has 0 saturated heterocycles. The van der Waals surface area contributed by atoms with Gasteiger partial charge in [-0.1, -0.05) is 413 Å². The molecule has 28 aromatic rings. The van der Waals surface area contributed by atoms with Crippen molar-refractivity contribution in [2.75, 3.05) is 0 Å². The summed E-state index contributed by atoms with van der Waals surface area (Å²) in [6.07, 6.45) is 0. The minimum absolute atomic E-state index is 0.622. The van der Waals surface area contributed by atoms with E-state index in [4.69, 9.17) is 14.4 Å². The van der Waals surface area contributed by atoms with Gasteiger partial charge in [-0.25, -0.2) is 9.97 Å². The molecule has 0 spiro atoms. The molecule has 26 aromatic carbocycles. The van der Waals surface area contributed by atoms with Gasteiger partial charge in [-0.15, -0.1) is 0 Å². The van der Waals surface area contributed by atoms with Crippen LogP contribution in [-0.2, 0) is 0 Å². The largest absolute Gasteiger partial charge is 0.436 e. The summed E-state index contributed by atoms with van der Waals surface area (Å²) in [6.45, 7) is 0. The third kappa shape index (κ3) is 13.4. The standard InChI is InChI=1S/C67H42N2.C67H41NO/c1-2-20-52(21-3-1)69-62-29-15-14-28-61(62)68-67(69)46-34-32-45(33-35-46)63-53-22-8-10-24-55(53)65(56-25-11-9-23-54(56)63)51-38-39-59-60(42-51)66(50-37-31-44-17-5-7-19-48(44)41-50)58-27-13-12-26-57(58)64(59)49-36-30-43-16-4-6-18-47(43)40-49;1-3-17-44-37-50(33-31-42(44)15-1)65-57-27-9-10-28-58(57)66(51-34-32-43-16-2-4-18-45(43)38-51)60-41-47(35-36-59(60)65)46-19-13-20-48(39-46)63-53-23-5-7-25-55(53)64(56-26-8-6-24-54(56)63)49-21-14-22-52(40-49)67-68-61-29-11-12-30-62(61)69-67/h1-42H;1-41H. The maximum Gasteiger partial charge on any atom is 0.227 e. The van der Waals surface area contributed by atoms with Crippen LogP contribution in [0.15, 0.2) is 508 Å². The molecule has 0 aliphatic rings. The number of benzene rings is 26. The molecule has 4 heteroatoms. The van der Waals surface area contributed by atoms with E-state index in [1.165, 1.54) is 224 Å². The van der Waals surface area contributed by atoms with Crippen LogP contribution in [0.4, 0.5) is 0 Å². The van der Waals surface area contributed by atoms with Gasteiger partial charge in [-0.05, 0) is 320 Å². The molecular formula is C134H83N3O. The average molecular weight is 1750 g/mol. The number of aromatic nitrogens is 3. The van der Waals surface area contributed by atoms with Gasteiger partial charge in [0.15, 0.2) is 5.58 Å². The third-order valence-electron chi connectivity index (χ3n) is 28.5. The summed E-state index contributed by atoms with van der Waals surface area (Å²) in [5, 5.41) is 29.5. The van der Waals surface area contributed by atoms with Crippen LogP contribution < -0.4 is 0 Å². The van der Waals surface area contributed by atoms with Crippen LogP contribution >= 0.6 is 0 Å². The molecule has 640 valence electrons. The minimum atomic E-state index is 0.622. The van der Waals surface area contributed by atoms with Gasteiger partial charge in [0.25, 0.3) is 0 Å². The Balaban J connectivity index is 0.000000139. The van der Waals surface area contributed by atoms with Gasteiger partial charge in [0.05, 0.1) is 11.0 Å². The maximum atomic E-state index is 6.26. The van der Waals surface area contributed by atoms with Crippen LogP contribution in [-0.4, -0.2) is 14.5 Å². The Morgan fingerprint density at radius 1 is 0.152 bits per heavy atom. The van der Waals surface area contributed by atoms with Crippen molar-refractivity contribution in [2.45, 2.75) is 0 Å². The van der Waals surface area contributed by atoms with E-state index in [1.54, 1.807) is 0 Å². The Labute approximate surface area is 796 Å². The second kappa shape index (κ2) is 32.9. The van der Waals surface area contributed by atoms with E-state index in [2.05, 4.69) is 484 Å². The van der Waals surface area contributed by atoms with Crippen LogP contribution in [0.1, 0.15) is 0 Å². The van der Waals surface area contributed by atoms with Gasteiger partial charge in [0, 0.05) is 16.8 Å². The first-order valence-electron chi connectivity index (χ1n) is 47.5. The van der Waals surface area contributed by atoms with Crippen molar-refractivity contribution in [3.8, 4) is 129 Å². The van der Waals surface area contributed by atoms with E-state index >= 15 is 0 Å². The number of imidazole rings is 1. The van der Waals surface area contributed by atoms with Crippen molar-refractivity contribution < 1.29 is 4.42 Å². The zero-order chi connectivity index (χ0) is 90.8. The predicted molar refractivity (Wildman–Crippen MR) is 585 cm³/mol. The average Bonchev–Trinajstić information content (AvgIpc) is 0.849. The molecule has 138 heavy (non-hydrogen) atoms. The molecule has 0 fully saturated rings. The Morgan fingerprint density at radius 3 is 0.833 bits per heavy atom. The molecule has 0 saturated carbocycles. The number of oxazole rings is 1. The number of hydrogen-bond acceptors (Lipinski definition) is 3. The Morgan fingerprint density at radius 2 is 0.420 bits per heavy atom. The van der Waals surface area contributed by atoms with E-state index < -0.39 is 0 Å². The molecule has 0 aliphatic heterocycles. The smallest absolute Gasteiger partial charge is 0.227 e. The van der Waals surface area contributed by atoms with Gasteiger partial charge in [0.2, 0.25) is 5.89 Å². The number of rotatable bonds is 12. The molecule has 0 amide bonds. The summed E-state index contributed by atoms with van der Waals surface area (Å²) in [4.78, 5) is 10.0. The van der Waals surface area contributed by atoms with E-state index in [9.17, 15) is 0 Å². The lowest BCUT2D eigenvalue weighted by Gasteiger charge is -2.21. The van der Waals surface area contributed by atoms with Crippen molar-refractivity contribution in [3.05, 3.63) is 504 Å². The van der Waals surface area contributed by atoms with E-state index in [-0.39, 0.29) is 0 Å². The lowest BCUT2D eigenvalue weighted by molar-refractivity contribution is 0.620. The quantitative estimate of drug-likeness (QED) is 0.115. The Kier molecular flexibility index (Phi) is 19.0. The van der Waals surface area contributed by atoms with Gasteiger partial charge in [0.1, 0.15) is 11.3 Å². The van der Waals surface area contributed by atoms with Crippen LogP contribution in [0.5, 0.6) is 0 Å². The molecular weight excluding hydrogens is 1670 g/mol. The highest BCUT2D eigenvalue weighted by molar-refractivity contribution is 6.28. The van der Waals surface area contributed by atoms with Crippen molar-refractivity contribution in [3.63, 3.8) is 0 Å². The summed E-state index contributed by atoms with van der Waals surface area (Å²) in [5.74, 6) is 1.55. The molecule has 0 unspecified atom stereocenters. The van der Waals surface area contributed by atoms with Gasteiger partial charge < -0.3 is 4.42 Å². The first-order chi connectivity index (χ1) is 68.4. The van der Waals surface area contributed by atoms with E-state index in [0.29, 0.717) is 5.89 Å². The summed E-state index contributed by atoms with van der Waals surface area (Å²) >= 11 is 0.